The smallest absolute Gasteiger partial charge is 0.281 e. The molecule has 0 aliphatic heterocycles. The third-order valence-corrected chi connectivity index (χ3v) is 3.07. The van der Waals surface area contributed by atoms with E-state index >= 15 is 0 Å². The summed E-state index contributed by atoms with van der Waals surface area (Å²) >= 11 is 0. The van der Waals surface area contributed by atoms with Gasteiger partial charge in [-0.05, 0) is 24.6 Å². The Hall–Kier alpha value is -2.63. The summed E-state index contributed by atoms with van der Waals surface area (Å²) in [6, 6.07) is 7.28. The second kappa shape index (κ2) is 6.21. The Bertz CT molecular complexity index is 705. The maximum atomic E-state index is 12.3. The first-order valence-electron chi connectivity index (χ1n) is 6.34. The first-order valence-corrected chi connectivity index (χ1v) is 6.34. The minimum absolute atomic E-state index is 0.0148. The molecule has 0 fully saturated rings. The van der Waals surface area contributed by atoms with Gasteiger partial charge in [0.1, 0.15) is 11.3 Å². The predicted octanol–water partition coefficient (Wildman–Crippen LogP) is 1.51. The summed E-state index contributed by atoms with van der Waals surface area (Å²) in [6.07, 6.45) is 1.38. The molecular formula is C15H16N2O4. The van der Waals surface area contributed by atoms with E-state index in [4.69, 9.17) is 9.47 Å². The molecule has 0 aliphatic rings. The number of methoxy groups -OCH3 is 2. The molecule has 0 saturated heterocycles. The van der Waals surface area contributed by atoms with Crippen LogP contribution in [-0.4, -0.2) is 29.8 Å². The summed E-state index contributed by atoms with van der Waals surface area (Å²) in [5.74, 6) is 0.583. The van der Waals surface area contributed by atoms with Crippen molar-refractivity contribution in [3.05, 3.63) is 51.9 Å². The van der Waals surface area contributed by atoms with Crippen molar-refractivity contribution in [3.63, 3.8) is 0 Å². The van der Waals surface area contributed by atoms with Gasteiger partial charge in [0.05, 0.1) is 27.0 Å². The highest BCUT2D eigenvalue weighted by molar-refractivity contribution is 5.96. The average molecular weight is 288 g/mol. The van der Waals surface area contributed by atoms with E-state index in [1.54, 1.807) is 19.2 Å². The van der Waals surface area contributed by atoms with E-state index in [1.807, 2.05) is 12.1 Å². The Kier molecular flexibility index (Phi) is 4.37. The molecule has 0 aliphatic carbocycles. The number of nitrogens with zero attached hydrogens (tertiary/aromatic N) is 2. The van der Waals surface area contributed by atoms with Crippen LogP contribution in [0.15, 0.2) is 35.3 Å². The van der Waals surface area contributed by atoms with Gasteiger partial charge in [-0.25, -0.2) is 4.68 Å². The molecule has 0 spiro atoms. The zero-order valence-corrected chi connectivity index (χ0v) is 12.1. The largest absolute Gasteiger partial charge is 0.497 e. The van der Waals surface area contributed by atoms with Gasteiger partial charge in [-0.3, -0.25) is 9.59 Å². The molecule has 0 radical (unpaired) electrons. The third-order valence-electron chi connectivity index (χ3n) is 3.07. The van der Waals surface area contributed by atoms with Gasteiger partial charge in [-0.2, -0.15) is 5.10 Å². The lowest BCUT2D eigenvalue weighted by atomic mass is 10.2. The van der Waals surface area contributed by atoms with Gasteiger partial charge in [0, 0.05) is 0 Å². The van der Waals surface area contributed by atoms with E-state index in [9.17, 15) is 9.59 Å². The number of ketones is 1. The summed E-state index contributed by atoms with van der Waals surface area (Å²) in [7, 11) is 2.99. The number of hydrogen-bond acceptors (Lipinski definition) is 5. The van der Waals surface area contributed by atoms with Gasteiger partial charge >= 0.3 is 0 Å². The number of hydrogen-bond donors (Lipinski definition) is 0. The fourth-order valence-electron chi connectivity index (χ4n) is 1.97. The van der Waals surface area contributed by atoms with Gasteiger partial charge < -0.3 is 9.47 Å². The van der Waals surface area contributed by atoms with E-state index in [2.05, 4.69) is 5.10 Å². The van der Waals surface area contributed by atoms with Crippen LogP contribution in [0.2, 0.25) is 0 Å². The molecule has 0 bridgehead atoms. The molecule has 2 rings (SSSR count). The molecule has 0 atom stereocenters. The lowest BCUT2D eigenvalue weighted by molar-refractivity contribution is 0.101. The monoisotopic (exact) mass is 288 g/mol. The molecule has 1 aromatic carbocycles. The standard InChI is InChI=1S/C15H16N2O4/c1-10(18)14-13(21-3)8-16-17(15(14)19)9-11-4-6-12(20-2)7-5-11/h4-8H,9H2,1-3H3. The molecule has 0 N–H and O–H groups in total. The molecule has 0 amide bonds. The Morgan fingerprint density at radius 2 is 1.86 bits per heavy atom. The summed E-state index contributed by atoms with van der Waals surface area (Å²) < 4.78 is 11.3. The fraction of sp³-hybridized carbons (Fsp3) is 0.267. The molecule has 6 nitrogen and oxygen atoms in total. The van der Waals surface area contributed by atoms with Crippen molar-refractivity contribution in [2.75, 3.05) is 14.2 Å². The molecular weight excluding hydrogens is 272 g/mol. The van der Waals surface area contributed by atoms with Crippen molar-refractivity contribution in [2.24, 2.45) is 0 Å². The Balaban J connectivity index is 2.38. The van der Waals surface area contributed by atoms with E-state index in [0.29, 0.717) is 0 Å². The SMILES string of the molecule is COc1ccc(Cn2ncc(OC)c(C(C)=O)c2=O)cc1. The first-order chi connectivity index (χ1) is 10.1. The fourth-order valence-corrected chi connectivity index (χ4v) is 1.97. The van der Waals surface area contributed by atoms with Crippen LogP contribution in [0.3, 0.4) is 0 Å². The molecule has 1 aromatic heterocycles. The predicted molar refractivity (Wildman–Crippen MR) is 77.1 cm³/mol. The van der Waals surface area contributed by atoms with Gasteiger partial charge in [0.2, 0.25) is 0 Å². The Morgan fingerprint density at radius 1 is 1.19 bits per heavy atom. The molecule has 110 valence electrons. The maximum absolute atomic E-state index is 12.3. The molecule has 2 aromatic rings. The van der Waals surface area contributed by atoms with Crippen LogP contribution in [0.5, 0.6) is 11.5 Å². The molecule has 0 unspecified atom stereocenters. The summed E-state index contributed by atoms with van der Waals surface area (Å²) in [4.78, 5) is 23.9. The highest BCUT2D eigenvalue weighted by Crippen LogP contribution is 2.14. The third kappa shape index (κ3) is 3.10. The highest BCUT2D eigenvalue weighted by atomic mass is 16.5. The van der Waals surface area contributed by atoms with Crippen molar-refractivity contribution in [2.45, 2.75) is 13.5 Å². The second-order valence-corrected chi connectivity index (χ2v) is 4.46. The number of benzene rings is 1. The minimum atomic E-state index is -0.460. The lowest BCUT2D eigenvalue weighted by Gasteiger charge is -2.09. The second-order valence-electron chi connectivity index (χ2n) is 4.46. The van der Waals surface area contributed by atoms with Crippen LogP contribution in [0.1, 0.15) is 22.8 Å². The van der Waals surface area contributed by atoms with Gasteiger partial charge in [0.25, 0.3) is 5.56 Å². The number of aromatic nitrogens is 2. The van der Waals surface area contributed by atoms with Gasteiger partial charge in [-0.15, -0.1) is 0 Å². The number of carbonyl (C=O) groups excluding carboxylic acids is 1. The normalized spacial score (nSPS) is 10.2. The average Bonchev–Trinajstić information content (AvgIpc) is 2.49. The number of Topliss-reactive ketones (excluding diaryl/α,β-unsaturated/α-hetero) is 1. The number of ether oxygens (including phenoxy) is 2. The van der Waals surface area contributed by atoms with Crippen LogP contribution in [0.4, 0.5) is 0 Å². The summed E-state index contributed by atoms with van der Waals surface area (Å²) in [5, 5.41) is 4.03. The van der Waals surface area contributed by atoms with E-state index in [-0.39, 0.29) is 23.6 Å². The number of rotatable bonds is 5. The number of carbonyl (C=O) groups is 1. The van der Waals surface area contributed by atoms with Crippen molar-refractivity contribution < 1.29 is 14.3 Å². The van der Waals surface area contributed by atoms with Crippen LogP contribution in [0, 0.1) is 0 Å². The van der Waals surface area contributed by atoms with Crippen LogP contribution in [0.25, 0.3) is 0 Å². The Labute approximate surface area is 121 Å². The van der Waals surface area contributed by atoms with Gasteiger partial charge in [-0.1, -0.05) is 12.1 Å². The van der Waals surface area contributed by atoms with Crippen LogP contribution in [-0.2, 0) is 6.54 Å². The maximum Gasteiger partial charge on any atom is 0.281 e. The molecule has 1 heterocycles. The minimum Gasteiger partial charge on any atom is -0.497 e. The van der Waals surface area contributed by atoms with Crippen molar-refractivity contribution in [3.8, 4) is 11.5 Å². The molecule has 21 heavy (non-hydrogen) atoms. The van der Waals surface area contributed by atoms with Gasteiger partial charge in [0.15, 0.2) is 11.5 Å². The summed E-state index contributed by atoms with van der Waals surface area (Å²) in [5.41, 5.74) is 0.434. The van der Waals surface area contributed by atoms with Crippen molar-refractivity contribution in [1.29, 1.82) is 0 Å². The zero-order chi connectivity index (χ0) is 15.4. The highest BCUT2D eigenvalue weighted by Gasteiger charge is 2.16. The quantitative estimate of drug-likeness (QED) is 0.780. The van der Waals surface area contributed by atoms with Crippen LogP contribution >= 0.6 is 0 Å². The lowest BCUT2D eigenvalue weighted by Crippen LogP contribution is -2.28. The van der Waals surface area contributed by atoms with E-state index in [1.165, 1.54) is 24.9 Å². The van der Waals surface area contributed by atoms with Crippen LogP contribution < -0.4 is 15.0 Å². The van der Waals surface area contributed by atoms with E-state index < -0.39 is 5.56 Å². The van der Waals surface area contributed by atoms with Crippen molar-refractivity contribution >= 4 is 5.78 Å². The molecule has 6 heteroatoms. The molecule has 0 saturated carbocycles. The Morgan fingerprint density at radius 3 is 2.38 bits per heavy atom. The van der Waals surface area contributed by atoms with Crippen molar-refractivity contribution in [1.82, 2.24) is 9.78 Å². The summed E-state index contributed by atoms with van der Waals surface area (Å²) in [6.45, 7) is 1.60. The zero-order valence-electron chi connectivity index (χ0n) is 12.1. The van der Waals surface area contributed by atoms with E-state index in [0.717, 1.165) is 11.3 Å². The topological polar surface area (TPSA) is 70.4 Å². The first kappa shape index (κ1) is 14.8.